The van der Waals surface area contributed by atoms with Gasteiger partial charge in [-0.25, -0.2) is 4.39 Å². The van der Waals surface area contributed by atoms with Crippen molar-refractivity contribution < 1.29 is 9.13 Å². The number of anilines is 1. The summed E-state index contributed by atoms with van der Waals surface area (Å²) in [6.07, 6.45) is 0. The monoisotopic (exact) mass is 285 g/mol. The van der Waals surface area contributed by atoms with Crippen molar-refractivity contribution in [2.45, 2.75) is 6.61 Å². The van der Waals surface area contributed by atoms with E-state index in [0.29, 0.717) is 27.0 Å². The molecule has 0 aliphatic carbocycles. The Morgan fingerprint density at radius 1 is 1.11 bits per heavy atom. The van der Waals surface area contributed by atoms with E-state index in [0.717, 1.165) is 0 Å². The van der Waals surface area contributed by atoms with Gasteiger partial charge in [0.05, 0.1) is 5.02 Å². The van der Waals surface area contributed by atoms with Crippen LogP contribution in [0.3, 0.4) is 0 Å². The van der Waals surface area contributed by atoms with Gasteiger partial charge in [0, 0.05) is 16.3 Å². The summed E-state index contributed by atoms with van der Waals surface area (Å²) in [5.41, 5.74) is 6.25. The summed E-state index contributed by atoms with van der Waals surface area (Å²) in [6.45, 7) is 0.0769. The average Bonchev–Trinajstić information content (AvgIpc) is 2.30. The van der Waals surface area contributed by atoms with Crippen LogP contribution in [-0.4, -0.2) is 0 Å². The van der Waals surface area contributed by atoms with Crippen LogP contribution in [0.2, 0.25) is 10.0 Å². The van der Waals surface area contributed by atoms with Crippen LogP contribution < -0.4 is 10.5 Å². The van der Waals surface area contributed by atoms with E-state index in [1.807, 2.05) is 0 Å². The summed E-state index contributed by atoms with van der Waals surface area (Å²) in [4.78, 5) is 0. The molecule has 0 radical (unpaired) electrons. The Balaban J connectivity index is 2.11. The first kappa shape index (κ1) is 13.0. The zero-order chi connectivity index (χ0) is 13.1. The average molecular weight is 286 g/mol. The van der Waals surface area contributed by atoms with E-state index in [2.05, 4.69) is 0 Å². The Kier molecular flexibility index (Phi) is 3.94. The van der Waals surface area contributed by atoms with Crippen LogP contribution >= 0.6 is 23.2 Å². The standard InChI is InChI=1S/C13H10Cl2FNO/c14-9-2-4-13(11(15)5-9)18-7-8-1-3-10(17)6-12(8)16/h1-6H,7,17H2. The maximum atomic E-state index is 13.5. The molecule has 0 saturated heterocycles. The second-order valence-corrected chi connectivity index (χ2v) is 4.56. The van der Waals surface area contributed by atoms with Crippen LogP contribution in [0.4, 0.5) is 10.1 Å². The zero-order valence-electron chi connectivity index (χ0n) is 9.29. The van der Waals surface area contributed by atoms with Gasteiger partial charge in [-0.2, -0.15) is 0 Å². The molecule has 2 rings (SSSR count). The van der Waals surface area contributed by atoms with Gasteiger partial charge in [0.2, 0.25) is 0 Å². The quantitative estimate of drug-likeness (QED) is 0.854. The number of halogens is 3. The summed E-state index contributed by atoms with van der Waals surface area (Å²) < 4.78 is 18.9. The minimum atomic E-state index is -0.403. The molecule has 0 aliphatic heterocycles. The largest absolute Gasteiger partial charge is 0.487 e. The van der Waals surface area contributed by atoms with Crippen LogP contribution in [0.5, 0.6) is 5.75 Å². The van der Waals surface area contributed by atoms with Crippen molar-refractivity contribution in [2.75, 3.05) is 5.73 Å². The van der Waals surface area contributed by atoms with Gasteiger partial charge in [-0.05, 0) is 30.3 Å². The maximum Gasteiger partial charge on any atom is 0.138 e. The molecule has 0 fully saturated rings. The van der Waals surface area contributed by atoms with E-state index >= 15 is 0 Å². The van der Waals surface area contributed by atoms with Gasteiger partial charge >= 0.3 is 0 Å². The number of ether oxygens (including phenoxy) is 1. The lowest BCUT2D eigenvalue weighted by Crippen LogP contribution is -2.00. The summed E-state index contributed by atoms with van der Waals surface area (Å²) in [7, 11) is 0. The number of nitrogen functional groups attached to an aromatic ring is 1. The van der Waals surface area contributed by atoms with Crippen molar-refractivity contribution in [3.8, 4) is 5.75 Å². The number of hydrogen-bond donors (Lipinski definition) is 1. The van der Waals surface area contributed by atoms with Gasteiger partial charge in [0.15, 0.2) is 0 Å². The molecule has 0 heterocycles. The van der Waals surface area contributed by atoms with E-state index in [9.17, 15) is 4.39 Å². The van der Waals surface area contributed by atoms with Crippen LogP contribution in [-0.2, 0) is 6.61 Å². The van der Waals surface area contributed by atoms with E-state index < -0.39 is 5.82 Å². The minimum absolute atomic E-state index is 0.0769. The predicted molar refractivity (Wildman–Crippen MR) is 71.6 cm³/mol. The highest BCUT2D eigenvalue weighted by Gasteiger charge is 2.06. The van der Waals surface area contributed by atoms with Gasteiger partial charge < -0.3 is 10.5 Å². The van der Waals surface area contributed by atoms with Gasteiger partial charge in [-0.3, -0.25) is 0 Å². The molecule has 94 valence electrons. The SMILES string of the molecule is Nc1ccc(COc2ccc(Cl)cc2Cl)c(F)c1. The van der Waals surface area contributed by atoms with Crippen LogP contribution in [0, 0.1) is 5.82 Å². The number of rotatable bonds is 3. The van der Waals surface area contributed by atoms with Crippen molar-refractivity contribution in [2.24, 2.45) is 0 Å². The number of benzene rings is 2. The van der Waals surface area contributed by atoms with Crippen LogP contribution in [0.25, 0.3) is 0 Å². The molecule has 5 heteroatoms. The van der Waals surface area contributed by atoms with Crippen molar-refractivity contribution in [3.05, 3.63) is 57.8 Å². The van der Waals surface area contributed by atoms with Gasteiger partial charge in [-0.15, -0.1) is 0 Å². The topological polar surface area (TPSA) is 35.2 Å². The highest BCUT2D eigenvalue weighted by Crippen LogP contribution is 2.28. The third-order valence-corrected chi connectivity index (χ3v) is 2.88. The Labute approximate surface area is 114 Å². The lowest BCUT2D eigenvalue weighted by molar-refractivity contribution is 0.300. The van der Waals surface area contributed by atoms with Crippen LogP contribution in [0.15, 0.2) is 36.4 Å². The van der Waals surface area contributed by atoms with Crippen molar-refractivity contribution >= 4 is 28.9 Å². The molecule has 0 atom stereocenters. The third-order valence-electron chi connectivity index (χ3n) is 2.35. The Morgan fingerprint density at radius 3 is 2.56 bits per heavy atom. The molecule has 2 nitrogen and oxygen atoms in total. The minimum Gasteiger partial charge on any atom is -0.487 e. The van der Waals surface area contributed by atoms with E-state index in [4.69, 9.17) is 33.7 Å². The second kappa shape index (κ2) is 5.46. The molecule has 0 bridgehead atoms. The van der Waals surface area contributed by atoms with Crippen molar-refractivity contribution in [1.82, 2.24) is 0 Å². The van der Waals surface area contributed by atoms with Gasteiger partial charge in [0.25, 0.3) is 0 Å². The number of hydrogen-bond acceptors (Lipinski definition) is 2. The molecule has 0 unspecified atom stereocenters. The molecule has 0 aromatic heterocycles. The fourth-order valence-electron chi connectivity index (χ4n) is 1.43. The molecular weight excluding hydrogens is 276 g/mol. The predicted octanol–water partition coefficient (Wildman–Crippen LogP) is 4.29. The number of nitrogens with two attached hydrogens (primary N) is 1. The molecule has 2 aromatic rings. The molecule has 0 aliphatic rings. The van der Waals surface area contributed by atoms with Crippen LogP contribution in [0.1, 0.15) is 5.56 Å². The Bertz CT molecular complexity index is 523. The molecule has 18 heavy (non-hydrogen) atoms. The van der Waals surface area contributed by atoms with E-state index in [1.165, 1.54) is 6.07 Å². The zero-order valence-corrected chi connectivity index (χ0v) is 10.8. The molecule has 0 spiro atoms. The summed E-state index contributed by atoms with van der Waals surface area (Å²) in [5.74, 6) is 0.0531. The summed E-state index contributed by atoms with van der Waals surface area (Å²) >= 11 is 11.7. The molecule has 0 amide bonds. The van der Waals surface area contributed by atoms with E-state index in [-0.39, 0.29) is 6.61 Å². The highest BCUT2D eigenvalue weighted by atomic mass is 35.5. The molecule has 0 saturated carbocycles. The third kappa shape index (κ3) is 3.06. The van der Waals surface area contributed by atoms with E-state index in [1.54, 1.807) is 30.3 Å². The van der Waals surface area contributed by atoms with Crippen molar-refractivity contribution in [3.63, 3.8) is 0 Å². The molecular formula is C13H10Cl2FNO. The molecule has 2 aromatic carbocycles. The first-order valence-corrected chi connectivity index (χ1v) is 5.93. The Hall–Kier alpha value is -1.45. The first-order chi connectivity index (χ1) is 8.56. The normalized spacial score (nSPS) is 10.4. The fraction of sp³-hybridized carbons (Fsp3) is 0.0769. The lowest BCUT2D eigenvalue weighted by Gasteiger charge is -2.09. The first-order valence-electron chi connectivity index (χ1n) is 5.18. The Morgan fingerprint density at radius 2 is 1.89 bits per heavy atom. The van der Waals surface area contributed by atoms with Crippen molar-refractivity contribution in [1.29, 1.82) is 0 Å². The summed E-state index contributed by atoms with van der Waals surface area (Å²) in [6, 6.07) is 9.31. The van der Waals surface area contributed by atoms with Gasteiger partial charge in [-0.1, -0.05) is 29.3 Å². The smallest absolute Gasteiger partial charge is 0.138 e. The maximum absolute atomic E-state index is 13.5. The second-order valence-electron chi connectivity index (χ2n) is 3.71. The van der Waals surface area contributed by atoms with Gasteiger partial charge in [0.1, 0.15) is 18.2 Å². The highest BCUT2D eigenvalue weighted by molar-refractivity contribution is 6.35. The molecule has 2 N–H and O–H groups in total. The fourth-order valence-corrected chi connectivity index (χ4v) is 1.89. The lowest BCUT2D eigenvalue weighted by atomic mass is 10.2. The summed E-state index contributed by atoms with van der Waals surface area (Å²) in [5, 5.41) is 0.907.